The molecule has 11 heteroatoms. The molecule has 0 saturated carbocycles. The van der Waals surface area contributed by atoms with Gasteiger partial charge in [-0.25, -0.2) is 9.97 Å². The van der Waals surface area contributed by atoms with Crippen LogP contribution in [0.4, 0.5) is 17.3 Å². The number of fused-ring (bicyclic) bond motifs is 1. The highest BCUT2D eigenvalue weighted by Gasteiger charge is 2.51. The SMILES string of the molecule is Nc1ncnc2c1NCN2C1OC(C(=O)N2CCNCC2)[C@@H](O)[C@H]1O. The van der Waals surface area contributed by atoms with Crippen LogP contribution in [0.2, 0.25) is 0 Å². The number of nitrogens with two attached hydrogens (primary N) is 1. The molecule has 0 bridgehead atoms. The summed E-state index contributed by atoms with van der Waals surface area (Å²) in [6.07, 6.45) is -3.26. The van der Waals surface area contributed by atoms with Gasteiger partial charge in [0.05, 0.1) is 6.67 Å². The van der Waals surface area contributed by atoms with Gasteiger partial charge < -0.3 is 41.1 Å². The van der Waals surface area contributed by atoms with Crippen LogP contribution in [0.25, 0.3) is 0 Å². The number of nitrogens with one attached hydrogen (secondary N) is 2. The summed E-state index contributed by atoms with van der Waals surface area (Å²) in [5, 5.41) is 27.0. The molecule has 1 amide bonds. The number of nitrogen functional groups attached to an aromatic ring is 1. The molecule has 4 heterocycles. The van der Waals surface area contributed by atoms with E-state index in [1.54, 1.807) is 9.80 Å². The number of hydrogen-bond acceptors (Lipinski definition) is 10. The zero-order valence-electron chi connectivity index (χ0n) is 13.5. The van der Waals surface area contributed by atoms with Gasteiger partial charge in [0.1, 0.15) is 24.2 Å². The molecule has 4 atom stereocenters. The van der Waals surface area contributed by atoms with Crippen LogP contribution in [0.5, 0.6) is 0 Å². The van der Waals surface area contributed by atoms with Gasteiger partial charge in [-0.1, -0.05) is 0 Å². The predicted octanol–water partition coefficient (Wildman–Crippen LogP) is -2.87. The maximum atomic E-state index is 12.6. The van der Waals surface area contributed by atoms with Crippen molar-refractivity contribution in [2.24, 2.45) is 0 Å². The van der Waals surface area contributed by atoms with Gasteiger partial charge in [-0.15, -0.1) is 0 Å². The highest BCUT2D eigenvalue weighted by atomic mass is 16.6. The number of carbonyl (C=O) groups is 1. The van der Waals surface area contributed by atoms with Gasteiger partial charge in [-0.05, 0) is 0 Å². The maximum Gasteiger partial charge on any atom is 0.254 e. The number of carbonyl (C=O) groups excluding carboxylic acids is 1. The summed E-state index contributed by atoms with van der Waals surface area (Å²) in [7, 11) is 0. The zero-order valence-corrected chi connectivity index (χ0v) is 13.5. The molecule has 0 radical (unpaired) electrons. The fraction of sp³-hybridized carbons (Fsp3) is 0.643. The van der Waals surface area contributed by atoms with E-state index < -0.39 is 24.5 Å². The molecule has 3 aliphatic heterocycles. The van der Waals surface area contributed by atoms with Gasteiger partial charge in [0.2, 0.25) is 0 Å². The Morgan fingerprint density at radius 3 is 2.80 bits per heavy atom. The van der Waals surface area contributed by atoms with Gasteiger partial charge in [-0.2, -0.15) is 0 Å². The summed E-state index contributed by atoms with van der Waals surface area (Å²) < 4.78 is 5.75. The van der Waals surface area contributed by atoms with Crippen molar-refractivity contribution in [1.29, 1.82) is 0 Å². The van der Waals surface area contributed by atoms with Crippen LogP contribution in [0.15, 0.2) is 6.33 Å². The number of amides is 1. The van der Waals surface area contributed by atoms with E-state index in [4.69, 9.17) is 10.5 Å². The Labute approximate surface area is 143 Å². The van der Waals surface area contributed by atoms with Crippen LogP contribution >= 0.6 is 0 Å². The number of nitrogens with zero attached hydrogens (tertiary/aromatic N) is 4. The minimum Gasteiger partial charge on any atom is -0.387 e. The fourth-order valence-corrected chi connectivity index (χ4v) is 3.41. The monoisotopic (exact) mass is 351 g/mol. The van der Waals surface area contributed by atoms with Crippen molar-refractivity contribution >= 4 is 23.2 Å². The van der Waals surface area contributed by atoms with E-state index in [1.165, 1.54) is 6.33 Å². The third kappa shape index (κ3) is 2.65. The molecule has 2 fully saturated rings. The maximum absolute atomic E-state index is 12.6. The minimum absolute atomic E-state index is 0.279. The molecule has 136 valence electrons. The van der Waals surface area contributed by atoms with E-state index in [0.29, 0.717) is 37.7 Å². The molecule has 0 aromatic carbocycles. The third-order valence-electron chi connectivity index (χ3n) is 4.77. The third-order valence-corrected chi connectivity index (χ3v) is 4.77. The highest BCUT2D eigenvalue weighted by Crippen LogP contribution is 2.37. The fourth-order valence-electron chi connectivity index (χ4n) is 3.41. The molecule has 0 spiro atoms. The van der Waals surface area contributed by atoms with E-state index >= 15 is 0 Å². The Morgan fingerprint density at radius 1 is 1.28 bits per heavy atom. The van der Waals surface area contributed by atoms with Crippen molar-refractivity contribution in [3.05, 3.63) is 6.33 Å². The van der Waals surface area contributed by atoms with Crippen molar-refractivity contribution in [2.45, 2.75) is 24.5 Å². The number of aromatic nitrogens is 2. The summed E-state index contributed by atoms with van der Waals surface area (Å²) in [4.78, 5) is 24.0. The largest absolute Gasteiger partial charge is 0.387 e. The summed E-state index contributed by atoms with van der Waals surface area (Å²) in [5.74, 6) is 0.443. The first-order valence-electron chi connectivity index (χ1n) is 8.20. The van der Waals surface area contributed by atoms with E-state index in [9.17, 15) is 15.0 Å². The molecule has 1 aromatic heterocycles. The molecular formula is C14H21N7O4. The molecule has 1 aromatic rings. The second kappa shape index (κ2) is 6.26. The molecule has 0 aliphatic carbocycles. The van der Waals surface area contributed by atoms with Crippen LogP contribution < -0.4 is 21.3 Å². The van der Waals surface area contributed by atoms with Crippen LogP contribution in [-0.4, -0.2) is 88.4 Å². The molecule has 4 rings (SSSR count). The Kier molecular flexibility index (Phi) is 4.07. The zero-order chi connectivity index (χ0) is 17.6. The second-order valence-corrected chi connectivity index (χ2v) is 6.27. The number of piperazine rings is 1. The van der Waals surface area contributed by atoms with E-state index in [2.05, 4.69) is 20.6 Å². The second-order valence-electron chi connectivity index (χ2n) is 6.27. The quantitative estimate of drug-likeness (QED) is 0.376. The number of hydrogen-bond donors (Lipinski definition) is 5. The lowest BCUT2D eigenvalue weighted by Crippen LogP contribution is -2.52. The number of anilines is 3. The summed E-state index contributed by atoms with van der Waals surface area (Å²) in [6.45, 7) is 2.76. The van der Waals surface area contributed by atoms with Crippen LogP contribution in [0.1, 0.15) is 0 Å². The number of ether oxygens (including phenoxy) is 1. The summed E-state index contributed by atoms with van der Waals surface area (Å²) in [5.41, 5.74) is 6.35. The van der Waals surface area contributed by atoms with E-state index in [-0.39, 0.29) is 18.4 Å². The number of aliphatic hydroxyl groups is 2. The number of aliphatic hydroxyl groups excluding tert-OH is 2. The summed E-state index contributed by atoms with van der Waals surface area (Å²) in [6, 6.07) is 0. The standard InChI is InChI=1S/C14H21N7O4/c15-11-7-12(18-5-17-11)21(6-19-7)14-9(23)8(22)10(25-14)13(24)20-3-1-16-2-4-20/h5,8-10,14,16,19,22-23H,1-4,6H2,(H2,15,17,18)/t8-,9+,10?,14?/m0/s1. The lowest BCUT2D eigenvalue weighted by molar-refractivity contribution is -0.147. The van der Waals surface area contributed by atoms with Crippen molar-refractivity contribution < 1.29 is 19.7 Å². The molecular weight excluding hydrogens is 330 g/mol. The Balaban J connectivity index is 1.53. The topological polar surface area (TPSA) is 149 Å². The van der Waals surface area contributed by atoms with Crippen molar-refractivity contribution in [3.63, 3.8) is 0 Å². The molecule has 25 heavy (non-hydrogen) atoms. The number of rotatable bonds is 2. The van der Waals surface area contributed by atoms with Crippen LogP contribution in [0.3, 0.4) is 0 Å². The molecule has 2 saturated heterocycles. The first-order chi connectivity index (χ1) is 12.1. The predicted molar refractivity (Wildman–Crippen MR) is 87.5 cm³/mol. The molecule has 6 N–H and O–H groups in total. The minimum atomic E-state index is -1.31. The highest BCUT2D eigenvalue weighted by molar-refractivity contribution is 5.83. The first-order valence-corrected chi connectivity index (χ1v) is 8.20. The van der Waals surface area contributed by atoms with Crippen molar-refractivity contribution in [1.82, 2.24) is 20.2 Å². The lowest BCUT2D eigenvalue weighted by Gasteiger charge is -2.30. The Hall–Kier alpha value is -2.21. The van der Waals surface area contributed by atoms with E-state index in [1.807, 2.05) is 0 Å². The van der Waals surface area contributed by atoms with Gasteiger partial charge in [-0.3, -0.25) is 4.79 Å². The first kappa shape index (κ1) is 16.3. The van der Waals surface area contributed by atoms with Crippen LogP contribution in [0, 0.1) is 0 Å². The van der Waals surface area contributed by atoms with Gasteiger partial charge in [0.25, 0.3) is 5.91 Å². The van der Waals surface area contributed by atoms with Gasteiger partial charge in [0, 0.05) is 26.2 Å². The van der Waals surface area contributed by atoms with Crippen molar-refractivity contribution in [3.8, 4) is 0 Å². The van der Waals surface area contributed by atoms with E-state index in [0.717, 1.165) is 0 Å². The van der Waals surface area contributed by atoms with Gasteiger partial charge in [0.15, 0.2) is 24.0 Å². The average molecular weight is 351 g/mol. The smallest absolute Gasteiger partial charge is 0.254 e. The average Bonchev–Trinajstić information content (AvgIpc) is 3.18. The summed E-state index contributed by atoms with van der Waals surface area (Å²) >= 11 is 0. The molecule has 2 unspecified atom stereocenters. The molecule has 11 nitrogen and oxygen atoms in total. The van der Waals surface area contributed by atoms with Gasteiger partial charge >= 0.3 is 0 Å². The van der Waals surface area contributed by atoms with Crippen LogP contribution in [-0.2, 0) is 9.53 Å². The molecule has 3 aliphatic rings. The normalized spacial score (nSPS) is 31.8. The lowest BCUT2D eigenvalue weighted by atomic mass is 10.1. The Morgan fingerprint density at radius 2 is 2.04 bits per heavy atom. The Bertz CT molecular complexity index is 669. The van der Waals surface area contributed by atoms with Crippen molar-refractivity contribution in [2.75, 3.05) is 48.8 Å².